The van der Waals surface area contributed by atoms with Gasteiger partial charge in [-0.15, -0.1) is 0 Å². The average Bonchev–Trinajstić information content (AvgIpc) is 2.63. The number of carbonyl (C=O) groups excluding carboxylic acids is 1. The number of amides is 1. The molecule has 0 bridgehead atoms. The Bertz CT molecular complexity index is 973. The predicted molar refractivity (Wildman–Crippen MR) is 95.8 cm³/mol. The Morgan fingerprint density at radius 1 is 1.20 bits per heavy atom. The zero-order chi connectivity index (χ0) is 17.8. The van der Waals surface area contributed by atoms with Crippen LogP contribution in [0, 0.1) is 0 Å². The van der Waals surface area contributed by atoms with E-state index < -0.39 is 0 Å². The van der Waals surface area contributed by atoms with Gasteiger partial charge < -0.3 is 19.7 Å². The zero-order valence-electron chi connectivity index (χ0n) is 13.7. The Morgan fingerprint density at radius 2 is 1.96 bits per heavy atom. The Hall–Kier alpha value is -3.12. The summed E-state index contributed by atoms with van der Waals surface area (Å²) < 4.78 is 6.50. The molecule has 128 valence electrons. The second kappa shape index (κ2) is 7.19. The number of aliphatic hydroxyl groups is 1. The summed E-state index contributed by atoms with van der Waals surface area (Å²) in [5.41, 5.74) is 0.720. The van der Waals surface area contributed by atoms with Crippen molar-refractivity contribution in [2.24, 2.45) is 0 Å². The highest BCUT2D eigenvalue weighted by Gasteiger charge is 2.11. The van der Waals surface area contributed by atoms with Crippen molar-refractivity contribution in [1.29, 1.82) is 0 Å². The molecule has 6 nitrogen and oxygen atoms in total. The summed E-state index contributed by atoms with van der Waals surface area (Å²) in [5, 5.41) is 14.3. The van der Waals surface area contributed by atoms with Crippen LogP contribution in [0.25, 0.3) is 10.8 Å². The molecule has 0 fully saturated rings. The zero-order valence-corrected chi connectivity index (χ0v) is 13.7. The van der Waals surface area contributed by atoms with Crippen molar-refractivity contribution >= 4 is 22.4 Å². The first kappa shape index (κ1) is 16.7. The van der Waals surface area contributed by atoms with E-state index in [0.29, 0.717) is 11.4 Å². The van der Waals surface area contributed by atoms with Crippen LogP contribution in [-0.4, -0.2) is 22.7 Å². The van der Waals surface area contributed by atoms with E-state index in [9.17, 15) is 14.7 Å². The van der Waals surface area contributed by atoms with E-state index in [-0.39, 0.29) is 30.2 Å². The number of anilines is 1. The van der Waals surface area contributed by atoms with Gasteiger partial charge in [-0.25, -0.2) is 0 Å². The highest BCUT2D eigenvalue weighted by molar-refractivity contribution is 6.02. The van der Waals surface area contributed by atoms with Gasteiger partial charge in [0, 0.05) is 22.8 Å². The third-order valence-electron chi connectivity index (χ3n) is 3.94. The van der Waals surface area contributed by atoms with Crippen LogP contribution in [0.5, 0.6) is 5.75 Å². The summed E-state index contributed by atoms with van der Waals surface area (Å²) in [7, 11) is 1.38. The Balaban J connectivity index is 1.86. The molecule has 2 N–H and O–H groups in total. The van der Waals surface area contributed by atoms with Crippen LogP contribution in [-0.2, 0) is 17.9 Å². The number of methoxy groups -OCH3 is 1. The number of nitrogens with one attached hydrogen (secondary N) is 1. The molecule has 3 aromatic rings. The molecule has 0 atom stereocenters. The third-order valence-corrected chi connectivity index (χ3v) is 3.94. The Kier molecular flexibility index (Phi) is 4.81. The Labute approximate surface area is 144 Å². The number of aromatic nitrogens is 1. The van der Waals surface area contributed by atoms with Crippen molar-refractivity contribution in [3.05, 3.63) is 70.6 Å². The van der Waals surface area contributed by atoms with Crippen LogP contribution in [0.1, 0.15) is 5.69 Å². The molecule has 1 amide bonds. The molecule has 0 saturated heterocycles. The second-order valence-corrected chi connectivity index (χ2v) is 5.56. The van der Waals surface area contributed by atoms with E-state index in [1.807, 2.05) is 42.5 Å². The number of rotatable bonds is 5. The Morgan fingerprint density at radius 3 is 2.72 bits per heavy atom. The van der Waals surface area contributed by atoms with Crippen molar-refractivity contribution in [2.75, 3.05) is 12.4 Å². The van der Waals surface area contributed by atoms with Gasteiger partial charge in [0.05, 0.1) is 19.9 Å². The van der Waals surface area contributed by atoms with E-state index in [1.54, 1.807) is 0 Å². The first-order valence-corrected chi connectivity index (χ1v) is 7.78. The number of pyridine rings is 1. The maximum Gasteiger partial charge on any atom is 0.244 e. The number of hydrogen-bond donors (Lipinski definition) is 2. The van der Waals surface area contributed by atoms with Gasteiger partial charge in [0.1, 0.15) is 6.54 Å². The van der Waals surface area contributed by atoms with Crippen LogP contribution < -0.4 is 15.5 Å². The summed E-state index contributed by atoms with van der Waals surface area (Å²) in [4.78, 5) is 24.2. The topological polar surface area (TPSA) is 80.6 Å². The van der Waals surface area contributed by atoms with E-state index in [2.05, 4.69) is 5.32 Å². The maximum atomic E-state index is 12.4. The van der Waals surface area contributed by atoms with E-state index in [4.69, 9.17) is 4.74 Å². The average molecular weight is 338 g/mol. The molecular weight excluding hydrogens is 320 g/mol. The molecule has 2 aromatic carbocycles. The van der Waals surface area contributed by atoms with Crippen LogP contribution in [0.3, 0.4) is 0 Å². The largest absolute Gasteiger partial charge is 0.491 e. The smallest absolute Gasteiger partial charge is 0.244 e. The van der Waals surface area contributed by atoms with Crippen molar-refractivity contribution in [1.82, 2.24) is 4.57 Å². The minimum absolute atomic E-state index is 0.0459. The number of ether oxygens (including phenoxy) is 1. The number of hydrogen-bond acceptors (Lipinski definition) is 4. The standard InChI is InChI=1S/C19H18N2O4/c1-25-18-10-21(14(12-22)9-17(18)23)11-19(24)20-16-8-4-6-13-5-2-3-7-15(13)16/h2-10,22H,11-12H2,1H3,(H,20,24). The molecular formula is C19H18N2O4. The van der Waals surface area contributed by atoms with Gasteiger partial charge in [-0.3, -0.25) is 9.59 Å². The fourth-order valence-corrected chi connectivity index (χ4v) is 2.71. The van der Waals surface area contributed by atoms with Gasteiger partial charge in [-0.2, -0.15) is 0 Å². The van der Waals surface area contributed by atoms with Crippen LogP contribution >= 0.6 is 0 Å². The van der Waals surface area contributed by atoms with E-state index in [0.717, 1.165) is 10.8 Å². The van der Waals surface area contributed by atoms with Crippen molar-refractivity contribution in [3.63, 3.8) is 0 Å². The van der Waals surface area contributed by atoms with Gasteiger partial charge in [0.15, 0.2) is 5.75 Å². The van der Waals surface area contributed by atoms with Gasteiger partial charge in [-0.05, 0) is 11.5 Å². The molecule has 25 heavy (non-hydrogen) atoms. The van der Waals surface area contributed by atoms with E-state index >= 15 is 0 Å². The fraction of sp³-hybridized carbons (Fsp3) is 0.158. The number of aliphatic hydroxyl groups excluding tert-OH is 1. The number of carbonyl (C=O) groups is 1. The fourth-order valence-electron chi connectivity index (χ4n) is 2.71. The molecule has 0 spiro atoms. The summed E-state index contributed by atoms with van der Waals surface area (Å²) in [6.45, 7) is -0.392. The van der Waals surface area contributed by atoms with Gasteiger partial charge in [-0.1, -0.05) is 36.4 Å². The van der Waals surface area contributed by atoms with Crippen molar-refractivity contribution in [3.8, 4) is 5.75 Å². The van der Waals surface area contributed by atoms with Crippen LogP contribution in [0.15, 0.2) is 59.5 Å². The molecule has 0 aliphatic heterocycles. The van der Waals surface area contributed by atoms with Gasteiger partial charge in [0.2, 0.25) is 11.3 Å². The summed E-state index contributed by atoms with van der Waals surface area (Å²) in [6.07, 6.45) is 1.43. The molecule has 6 heteroatoms. The lowest BCUT2D eigenvalue weighted by Crippen LogP contribution is -2.23. The number of benzene rings is 2. The van der Waals surface area contributed by atoms with Crippen molar-refractivity contribution < 1.29 is 14.6 Å². The third kappa shape index (κ3) is 3.54. The SMILES string of the molecule is COc1cn(CC(=O)Nc2cccc3ccccc23)c(CO)cc1=O. The van der Waals surface area contributed by atoms with Crippen molar-refractivity contribution in [2.45, 2.75) is 13.2 Å². The molecule has 0 aliphatic carbocycles. The number of nitrogens with zero attached hydrogens (tertiary/aromatic N) is 1. The highest BCUT2D eigenvalue weighted by atomic mass is 16.5. The summed E-state index contributed by atoms with van der Waals surface area (Å²) in [6, 6.07) is 14.7. The minimum atomic E-state index is -0.346. The van der Waals surface area contributed by atoms with Crippen LogP contribution in [0.2, 0.25) is 0 Å². The first-order valence-electron chi connectivity index (χ1n) is 7.78. The lowest BCUT2D eigenvalue weighted by atomic mass is 10.1. The maximum absolute atomic E-state index is 12.4. The summed E-state index contributed by atoms with van der Waals surface area (Å²) in [5.74, 6) is -0.146. The molecule has 0 unspecified atom stereocenters. The minimum Gasteiger partial charge on any atom is -0.491 e. The monoisotopic (exact) mass is 338 g/mol. The molecule has 0 aliphatic rings. The number of fused-ring (bicyclic) bond motifs is 1. The summed E-state index contributed by atoms with van der Waals surface area (Å²) >= 11 is 0. The van der Waals surface area contributed by atoms with Gasteiger partial charge >= 0.3 is 0 Å². The highest BCUT2D eigenvalue weighted by Crippen LogP contribution is 2.23. The molecule has 3 rings (SSSR count). The van der Waals surface area contributed by atoms with Crippen LogP contribution in [0.4, 0.5) is 5.69 Å². The predicted octanol–water partition coefficient (Wildman–Crippen LogP) is 2.14. The molecule has 0 saturated carbocycles. The molecule has 0 radical (unpaired) electrons. The van der Waals surface area contributed by atoms with E-state index in [1.165, 1.54) is 23.9 Å². The normalized spacial score (nSPS) is 10.6. The quantitative estimate of drug-likeness (QED) is 0.747. The lowest BCUT2D eigenvalue weighted by molar-refractivity contribution is -0.116. The first-order chi connectivity index (χ1) is 12.1. The lowest BCUT2D eigenvalue weighted by Gasteiger charge is -2.14. The molecule has 1 aromatic heterocycles. The van der Waals surface area contributed by atoms with Gasteiger partial charge in [0.25, 0.3) is 0 Å². The molecule has 1 heterocycles. The second-order valence-electron chi connectivity index (χ2n) is 5.56.